The fraction of sp³-hybridized carbons (Fsp3) is 0.818. The molecule has 0 unspecified atom stereocenters. The minimum absolute atomic E-state index is 0.0125. The van der Waals surface area contributed by atoms with Gasteiger partial charge in [0.25, 0.3) is 0 Å². The summed E-state index contributed by atoms with van der Waals surface area (Å²) in [6, 6.07) is 0. The molecule has 0 aliphatic rings. The number of Topliss-reactive ketones (excluding diaryl/α,β-unsaturated/α-hetero) is 1. The van der Waals surface area contributed by atoms with Gasteiger partial charge in [-0.2, -0.15) is 11.8 Å². The Balaban J connectivity index is 4.29. The third-order valence-electron chi connectivity index (χ3n) is 2.28. The van der Waals surface area contributed by atoms with Crippen molar-refractivity contribution < 1.29 is 14.3 Å². The van der Waals surface area contributed by atoms with Crippen molar-refractivity contribution in [1.29, 1.82) is 0 Å². The average molecular weight is 232 g/mol. The summed E-state index contributed by atoms with van der Waals surface area (Å²) in [7, 11) is 1.35. The van der Waals surface area contributed by atoms with Crippen molar-refractivity contribution in [3.8, 4) is 0 Å². The highest BCUT2D eigenvalue weighted by Gasteiger charge is 2.23. The molecule has 4 heteroatoms. The fourth-order valence-corrected chi connectivity index (χ4v) is 1.88. The Morgan fingerprint density at radius 2 is 1.93 bits per heavy atom. The highest BCUT2D eigenvalue weighted by Crippen LogP contribution is 2.18. The van der Waals surface area contributed by atoms with Crippen LogP contribution in [0.1, 0.15) is 26.7 Å². The summed E-state index contributed by atoms with van der Waals surface area (Å²) in [6.45, 7) is 3.73. The quantitative estimate of drug-likeness (QED) is 0.631. The Labute approximate surface area is 95.9 Å². The van der Waals surface area contributed by atoms with Crippen molar-refractivity contribution in [3.63, 3.8) is 0 Å². The molecule has 0 N–H and O–H groups in total. The fourth-order valence-electron chi connectivity index (χ4n) is 1.36. The lowest BCUT2D eigenvalue weighted by molar-refractivity contribution is -0.144. The van der Waals surface area contributed by atoms with Crippen molar-refractivity contribution in [2.75, 3.05) is 19.1 Å². The zero-order chi connectivity index (χ0) is 11.8. The van der Waals surface area contributed by atoms with Crippen LogP contribution >= 0.6 is 11.8 Å². The molecule has 0 spiro atoms. The van der Waals surface area contributed by atoms with Crippen molar-refractivity contribution in [2.45, 2.75) is 26.7 Å². The molecular weight excluding hydrogens is 212 g/mol. The number of esters is 1. The molecule has 0 saturated carbocycles. The third kappa shape index (κ3) is 5.82. The number of ketones is 1. The standard InChI is InChI=1S/C11H20O3S/c1-8(2)11(13)9(5-6-15-4)7-10(12)14-3/h8-9H,5-7H2,1-4H3/t9-/m1/s1. The van der Waals surface area contributed by atoms with Gasteiger partial charge in [-0.05, 0) is 18.4 Å². The maximum absolute atomic E-state index is 11.8. The molecular formula is C11H20O3S. The van der Waals surface area contributed by atoms with Gasteiger partial charge in [0.1, 0.15) is 5.78 Å². The van der Waals surface area contributed by atoms with E-state index in [9.17, 15) is 9.59 Å². The predicted molar refractivity (Wildman–Crippen MR) is 63.0 cm³/mol. The van der Waals surface area contributed by atoms with Gasteiger partial charge in [0.05, 0.1) is 13.5 Å². The van der Waals surface area contributed by atoms with Crippen molar-refractivity contribution >= 4 is 23.5 Å². The van der Waals surface area contributed by atoms with E-state index >= 15 is 0 Å². The molecule has 0 heterocycles. The Bertz CT molecular complexity index is 214. The van der Waals surface area contributed by atoms with Crippen LogP contribution in [0.4, 0.5) is 0 Å². The molecule has 88 valence electrons. The summed E-state index contributed by atoms with van der Waals surface area (Å²) in [5.74, 6) is 0.580. The molecule has 0 aromatic carbocycles. The number of hydrogen-bond donors (Lipinski definition) is 0. The number of rotatable bonds is 7. The first-order valence-corrected chi connectivity index (χ1v) is 6.51. The smallest absolute Gasteiger partial charge is 0.306 e. The molecule has 0 aromatic heterocycles. The molecule has 0 bridgehead atoms. The maximum Gasteiger partial charge on any atom is 0.306 e. The highest BCUT2D eigenvalue weighted by atomic mass is 32.2. The van der Waals surface area contributed by atoms with E-state index in [-0.39, 0.29) is 30.0 Å². The molecule has 0 aliphatic heterocycles. The van der Waals surface area contributed by atoms with E-state index in [1.165, 1.54) is 7.11 Å². The zero-order valence-corrected chi connectivity index (χ0v) is 10.7. The zero-order valence-electron chi connectivity index (χ0n) is 9.91. The molecule has 0 fully saturated rings. The molecule has 0 aromatic rings. The molecule has 0 aliphatic carbocycles. The summed E-state index contributed by atoms with van der Waals surface area (Å²) >= 11 is 1.69. The minimum Gasteiger partial charge on any atom is -0.469 e. The largest absolute Gasteiger partial charge is 0.469 e. The van der Waals surface area contributed by atoms with Crippen LogP contribution in [-0.2, 0) is 14.3 Å². The lowest BCUT2D eigenvalue weighted by Crippen LogP contribution is -2.24. The monoisotopic (exact) mass is 232 g/mol. The molecule has 1 atom stereocenters. The normalized spacial score (nSPS) is 12.6. The van der Waals surface area contributed by atoms with E-state index in [1.807, 2.05) is 20.1 Å². The predicted octanol–water partition coefficient (Wildman–Crippen LogP) is 2.14. The van der Waals surface area contributed by atoms with Gasteiger partial charge in [-0.25, -0.2) is 0 Å². The third-order valence-corrected chi connectivity index (χ3v) is 2.93. The molecule has 15 heavy (non-hydrogen) atoms. The van der Waals surface area contributed by atoms with Crippen molar-refractivity contribution in [2.24, 2.45) is 11.8 Å². The van der Waals surface area contributed by atoms with Crippen molar-refractivity contribution in [1.82, 2.24) is 0 Å². The summed E-state index contributed by atoms with van der Waals surface area (Å²) in [4.78, 5) is 22.9. The SMILES string of the molecule is COC(=O)C[C@@H](CCSC)C(=O)C(C)C. The van der Waals surface area contributed by atoms with Gasteiger partial charge in [-0.15, -0.1) is 0 Å². The van der Waals surface area contributed by atoms with E-state index in [4.69, 9.17) is 0 Å². The van der Waals surface area contributed by atoms with Gasteiger partial charge in [-0.3, -0.25) is 9.59 Å². The molecule has 3 nitrogen and oxygen atoms in total. The minimum atomic E-state index is -0.296. The Hall–Kier alpha value is -0.510. The van der Waals surface area contributed by atoms with Crippen LogP contribution in [0.2, 0.25) is 0 Å². The number of carbonyl (C=O) groups excluding carboxylic acids is 2. The first-order valence-electron chi connectivity index (χ1n) is 5.12. The van der Waals surface area contributed by atoms with E-state index in [2.05, 4.69) is 4.74 Å². The van der Waals surface area contributed by atoms with E-state index < -0.39 is 0 Å². The first-order chi connectivity index (χ1) is 7.02. The van der Waals surface area contributed by atoms with E-state index in [0.29, 0.717) is 0 Å². The number of thioether (sulfide) groups is 1. The molecule has 0 radical (unpaired) electrons. The average Bonchev–Trinajstić information content (AvgIpc) is 2.22. The number of methoxy groups -OCH3 is 1. The summed E-state index contributed by atoms with van der Waals surface area (Å²) in [5.41, 5.74) is 0. The molecule has 0 rings (SSSR count). The first kappa shape index (κ1) is 14.5. The van der Waals surface area contributed by atoms with Crippen LogP contribution in [0.25, 0.3) is 0 Å². The van der Waals surface area contributed by atoms with Crippen LogP contribution in [-0.4, -0.2) is 30.9 Å². The Morgan fingerprint density at radius 1 is 1.33 bits per heavy atom. The van der Waals surface area contributed by atoms with Crippen LogP contribution in [0, 0.1) is 11.8 Å². The van der Waals surface area contributed by atoms with Crippen LogP contribution in [0.3, 0.4) is 0 Å². The maximum atomic E-state index is 11.8. The van der Waals surface area contributed by atoms with Gasteiger partial charge < -0.3 is 4.74 Å². The lowest BCUT2D eigenvalue weighted by Gasteiger charge is -2.16. The molecule has 0 amide bonds. The van der Waals surface area contributed by atoms with Crippen molar-refractivity contribution in [3.05, 3.63) is 0 Å². The summed E-state index contributed by atoms with van der Waals surface area (Å²) in [6.07, 6.45) is 2.97. The van der Waals surface area contributed by atoms with E-state index in [1.54, 1.807) is 11.8 Å². The van der Waals surface area contributed by atoms with Gasteiger partial charge in [-0.1, -0.05) is 13.8 Å². The van der Waals surface area contributed by atoms with Crippen LogP contribution < -0.4 is 0 Å². The molecule has 0 saturated heterocycles. The second-order valence-electron chi connectivity index (χ2n) is 3.82. The van der Waals surface area contributed by atoms with Gasteiger partial charge >= 0.3 is 5.97 Å². The summed E-state index contributed by atoms with van der Waals surface area (Å²) in [5, 5.41) is 0. The van der Waals surface area contributed by atoms with Crippen LogP contribution in [0.15, 0.2) is 0 Å². The number of ether oxygens (including phenoxy) is 1. The lowest BCUT2D eigenvalue weighted by atomic mass is 9.90. The second kappa shape index (κ2) is 7.74. The number of carbonyl (C=O) groups is 2. The van der Waals surface area contributed by atoms with Gasteiger partial charge in [0.2, 0.25) is 0 Å². The highest BCUT2D eigenvalue weighted by molar-refractivity contribution is 7.98. The summed E-state index contributed by atoms with van der Waals surface area (Å²) < 4.78 is 4.59. The van der Waals surface area contributed by atoms with E-state index in [0.717, 1.165) is 12.2 Å². The van der Waals surface area contributed by atoms with Gasteiger partial charge in [0, 0.05) is 11.8 Å². The van der Waals surface area contributed by atoms with Gasteiger partial charge in [0.15, 0.2) is 0 Å². The topological polar surface area (TPSA) is 43.4 Å². The number of hydrogen-bond acceptors (Lipinski definition) is 4. The Morgan fingerprint density at radius 3 is 2.33 bits per heavy atom. The Kier molecular flexibility index (Phi) is 7.48. The van der Waals surface area contributed by atoms with Crippen LogP contribution in [0.5, 0.6) is 0 Å². The second-order valence-corrected chi connectivity index (χ2v) is 4.80.